The first-order chi connectivity index (χ1) is 5.58. The molecule has 1 atom stereocenters. The summed E-state index contributed by atoms with van der Waals surface area (Å²) in [6.07, 6.45) is -0.616. The number of halogens is 2. The highest BCUT2D eigenvalue weighted by molar-refractivity contribution is 5.86. The summed E-state index contributed by atoms with van der Waals surface area (Å²) in [7, 11) is 0. The van der Waals surface area contributed by atoms with Gasteiger partial charge in [-0.15, -0.1) is 0 Å². The average molecular weight is 193 g/mol. The van der Waals surface area contributed by atoms with Crippen molar-refractivity contribution in [2.45, 2.75) is 44.3 Å². The van der Waals surface area contributed by atoms with Gasteiger partial charge in [-0.2, -0.15) is 0 Å². The molecule has 1 saturated carbocycles. The third kappa shape index (κ3) is 1.80. The Bertz CT molecular complexity index is 247. The van der Waals surface area contributed by atoms with Crippen LogP contribution in [0.3, 0.4) is 0 Å². The molecule has 0 aromatic carbocycles. The molecule has 0 spiro atoms. The van der Waals surface area contributed by atoms with E-state index in [0.717, 1.165) is 0 Å². The Labute approximate surface area is 75.2 Å². The van der Waals surface area contributed by atoms with E-state index in [1.165, 1.54) is 0 Å². The topological polar surface area (TPSA) is 52.3 Å². The van der Waals surface area contributed by atoms with Crippen LogP contribution in [-0.4, -0.2) is 23.0 Å². The first-order valence-electron chi connectivity index (χ1n) is 3.99. The lowest BCUT2D eigenvalue weighted by molar-refractivity contribution is -0.160. The van der Waals surface area contributed by atoms with E-state index in [9.17, 15) is 13.6 Å². The van der Waals surface area contributed by atoms with Gasteiger partial charge in [-0.05, 0) is 20.8 Å². The molecule has 1 fully saturated rings. The molecule has 0 aromatic heterocycles. The molecule has 0 saturated heterocycles. The number of carbonyl (C=O) groups excluding carboxylic acids is 1. The van der Waals surface area contributed by atoms with Crippen LogP contribution in [0.25, 0.3) is 0 Å². The molecule has 1 rings (SSSR count). The highest BCUT2D eigenvalue weighted by Gasteiger charge is 2.75. The van der Waals surface area contributed by atoms with Crippen molar-refractivity contribution in [3.63, 3.8) is 0 Å². The fourth-order valence-electron chi connectivity index (χ4n) is 0.897. The number of hydrogen-bond acceptors (Lipinski definition) is 3. The second kappa shape index (κ2) is 2.41. The molecule has 0 aromatic rings. The van der Waals surface area contributed by atoms with Gasteiger partial charge >= 0.3 is 5.97 Å². The molecule has 2 N–H and O–H groups in total. The Hall–Kier alpha value is -0.710. The van der Waals surface area contributed by atoms with E-state index in [1.807, 2.05) is 0 Å². The summed E-state index contributed by atoms with van der Waals surface area (Å²) in [5.41, 5.74) is 2.29. The average Bonchev–Trinajstić information content (AvgIpc) is 2.29. The summed E-state index contributed by atoms with van der Waals surface area (Å²) in [6, 6.07) is 0. The predicted octanol–water partition coefficient (Wildman–Crippen LogP) is 1.06. The van der Waals surface area contributed by atoms with Crippen molar-refractivity contribution in [2.75, 3.05) is 0 Å². The Morgan fingerprint density at radius 3 is 2.08 bits per heavy atom. The predicted molar refractivity (Wildman–Crippen MR) is 42.3 cm³/mol. The standard InChI is InChI=1S/C8H13F2NO2/c1-6(2,3)13-5(12)7(11)4-8(7,9)10/h4,11H2,1-3H3. The van der Waals surface area contributed by atoms with Gasteiger partial charge in [0.15, 0.2) is 5.54 Å². The van der Waals surface area contributed by atoms with Crippen LogP contribution in [-0.2, 0) is 9.53 Å². The minimum absolute atomic E-state index is 0.616. The second-order valence-electron chi connectivity index (χ2n) is 4.35. The van der Waals surface area contributed by atoms with Gasteiger partial charge in [-0.25, -0.2) is 13.6 Å². The molecule has 1 aliphatic carbocycles. The fourth-order valence-corrected chi connectivity index (χ4v) is 0.897. The highest BCUT2D eigenvalue weighted by atomic mass is 19.3. The van der Waals surface area contributed by atoms with Crippen molar-refractivity contribution < 1.29 is 18.3 Å². The van der Waals surface area contributed by atoms with Gasteiger partial charge in [0.25, 0.3) is 5.92 Å². The molecular formula is C8H13F2NO2. The molecular weight excluding hydrogens is 180 g/mol. The SMILES string of the molecule is CC(C)(C)OC(=O)C1(N)CC1(F)F. The zero-order valence-electron chi connectivity index (χ0n) is 7.86. The molecule has 0 amide bonds. The molecule has 1 aliphatic rings. The van der Waals surface area contributed by atoms with E-state index in [-0.39, 0.29) is 0 Å². The van der Waals surface area contributed by atoms with Crippen molar-refractivity contribution in [2.24, 2.45) is 5.73 Å². The molecule has 5 heteroatoms. The normalized spacial score (nSPS) is 31.2. The fraction of sp³-hybridized carbons (Fsp3) is 0.875. The van der Waals surface area contributed by atoms with Gasteiger partial charge in [-0.1, -0.05) is 0 Å². The quantitative estimate of drug-likeness (QED) is 0.633. The molecule has 13 heavy (non-hydrogen) atoms. The third-order valence-corrected chi connectivity index (χ3v) is 1.79. The van der Waals surface area contributed by atoms with Crippen LogP contribution in [0.2, 0.25) is 0 Å². The second-order valence-corrected chi connectivity index (χ2v) is 4.35. The first-order valence-corrected chi connectivity index (χ1v) is 3.99. The van der Waals surface area contributed by atoms with Crippen LogP contribution >= 0.6 is 0 Å². The Morgan fingerprint density at radius 1 is 1.46 bits per heavy atom. The van der Waals surface area contributed by atoms with Crippen LogP contribution in [0.5, 0.6) is 0 Å². The molecule has 3 nitrogen and oxygen atoms in total. The summed E-state index contributed by atoms with van der Waals surface area (Å²) in [4.78, 5) is 11.1. The summed E-state index contributed by atoms with van der Waals surface area (Å²) in [6.45, 7) is 4.82. The van der Waals surface area contributed by atoms with Gasteiger partial charge in [0.2, 0.25) is 0 Å². The Balaban J connectivity index is 2.62. The smallest absolute Gasteiger partial charge is 0.333 e. The number of hydrogen-bond donors (Lipinski definition) is 1. The molecule has 1 unspecified atom stereocenters. The maximum atomic E-state index is 12.6. The van der Waals surface area contributed by atoms with Crippen molar-refractivity contribution in [3.8, 4) is 0 Å². The highest BCUT2D eigenvalue weighted by Crippen LogP contribution is 2.51. The summed E-state index contributed by atoms with van der Waals surface area (Å²) < 4.78 is 29.9. The van der Waals surface area contributed by atoms with E-state index >= 15 is 0 Å². The number of esters is 1. The van der Waals surface area contributed by atoms with Crippen LogP contribution in [0.1, 0.15) is 27.2 Å². The molecule has 76 valence electrons. The van der Waals surface area contributed by atoms with Gasteiger partial charge in [0.05, 0.1) is 0 Å². The van der Waals surface area contributed by atoms with E-state index in [0.29, 0.717) is 0 Å². The van der Waals surface area contributed by atoms with Crippen LogP contribution in [0, 0.1) is 0 Å². The lowest BCUT2D eigenvalue weighted by atomic mass is 10.2. The molecule has 0 bridgehead atoms. The van der Waals surface area contributed by atoms with Gasteiger partial charge in [-0.3, -0.25) is 0 Å². The summed E-state index contributed by atoms with van der Waals surface area (Å²) in [5, 5.41) is 0. The van der Waals surface area contributed by atoms with Crippen LogP contribution in [0.15, 0.2) is 0 Å². The lowest BCUT2D eigenvalue weighted by Gasteiger charge is -2.21. The lowest BCUT2D eigenvalue weighted by Crippen LogP contribution is -2.43. The first kappa shape index (κ1) is 10.4. The van der Waals surface area contributed by atoms with Crippen molar-refractivity contribution in [1.82, 2.24) is 0 Å². The van der Waals surface area contributed by atoms with Crippen LogP contribution < -0.4 is 5.73 Å². The van der Waals surface area contributed by atoms with E-state index in [2.05, 4.69) is 0 Å². The zero-order chi connectivity index (χ0) is 10.5. The molecule has 0 aliphatic heterocycles. The monoisotopic (exact) mass is 193 g/mol. The summed E-state index contributed by atoms with van der Waals surface area (Å²) >= 11 is 0. The maximum absolute atomic E-state index is 12.6. The number of rotatable bonds is 1. The minimum Gasteiger partial charge on any atom is -0.458 e. The van der Waals surface area contributed by atoms with Crippen molar-refractivity contribution >= 4 is 5.97 Å². The number of carbonyl (C=O) groups is 1. The number of ether oxygens (including phenoxy) is 1. The Morgan fingerprint density at radius 2 is 1.85 bits per heavy atom. The molecule has 0 radical (unpaired) electrons. The summed E-state index contributed by atoms with van der Waals surface area (Å²) in [5.74, 6) is -4.12. The zero-order valence-corrected chi connectivity index (χ0v) is 7.86. The van der Waals surface area contributed by atoms with E-state index in [1.54, 1.807) is 20.8 Å². The van der Waals surface area contributed by atoms with E-state index < -0.39 is 29.5 Å². The maximum Gasteiger partial charge on any atom is 0.333 e. The van der Waals surface area contributed by atoms with E-state index in [4.69, 9.17) is 10.5 Å². The largest absolute Gasteiger partial charge is 0.458 e. The van der Waals surface area contributed by atoms with Gasteiger partial charge in [0, 0.05) is 6.42 Å². The minimum atomic E-state index is -3.10. The van der Waals surface area contributed by atoms with Gasteiger partial charge < -0.3 is 10.5 Å². The van der Waals surface area contributed by atoms with Crippen molar-refractivity contribution in [1.29, 1.82) is 0 Å². The van der Waals surface area contributed by atoms with Crippen LogP contribution in [0.4, 0.5) is 8.78 Å². The van der Waals surface area contributed by atoms with Crippen molar-refractivity contribution in [3.05, 3.63) is 0 Å². The third-order valence-electron chi connectivity index (χ3n) is 1.79. The molecule has 0 heterocycles. The number of nitrogens with two attached hydrogens (primary N) is 1. The van der Waals surface area contributed by atoms with Gasteiger partial charge in [0.1, 0.15) is 5.60 Å². The number of alkyl halides is 2. The Kier molecular flexibility index (Phi) is 1.92.